The second kappa shape index (κ2) is 6.65. The Morgan fingerprint density at radius 2 is 2.16 bits per heavy atom. The Kier molecular flexibility index (Phi) is 4.36. The highest BCUT2D eigenvalue weighted by Crippen LogP contribution is 2.40. The quantitative estimate of drug-likeness (QED) is 0.839. The number of nitrogens with zero attached hydrogens (tertiary/aromatic N) is 2. The Hall–Kier alpha value is -2.11. The van der Waals surface area contributed by atoms with Gasteiger partial charge in [-0.05, 0) is 37.3 Å². The van der Waals surface area contributed by atoms with E-state index in [2.05, 4.69) is 0 Å². The van der Waals surface area contributed by atoms with Crippen molar-refractivity contribution < 1.29 is 18.7 Å². The first-order chi connectivity index (χ1) is 12.1. The van der Waals surface area contributed by atoms with Crippen LogP contribution in [-0.2, 0) is 9.59 Å². The van der Waals surface area contributed by atoms with Gasteiger partial charge in [0.2, 0.25) is 11.8 Å². The number of hydrogen-bond acceptors (Lipinski definition) is 3. The van der Waals surface area contributed by atoms with Gasteiger partial charge < -0.3 is 14.5 Å². The summed E-state index contributed by atoms with van der Waals surface area (Å²) < 4.78 is 19.3. The van der Waals surface area contributed by atoms with E-state index in [1.165, 1.54) is 12.1 Å². The molecular formula is C19H23FN2O3. The minimum atomic E-state index is -0.300. The molecule has 3 fully saturated rings. The van der Waals surface area contributed by atoms with Crippen LogP contribution in [0.2, 0.25) is 0 Å². The minimum absolute atomic E-state index is 0.0259. The summed E-state index contributed by atoms with van der Waals surface area (Å²) in [4.78, 5) is 27.8. The molecule has 2 aliphatic heterocycles. The lowest BCUT2D eigenvalue weighted by Gasteiger charge is -2.24. The summed E-state index contributed by atoms with van der Waals surface area (Å²) in [6, 6.07) is 6.23. The van der Waals surface area contributed by atoms with Crippen molar-refractivity contribution in [1.82, 2.24) is 9.80 Å². The van der Waals surface area contributed by atoms with E-state index in [1.54, 1.807) is 17.0 Å². The van der Waals surface area contributed by atoms with Gasteiger partial charge in [-0.3, -0.25) is 9.59 Å². The second-order valence-electron chi connectivity index (χ2n) is 7.33. The van der Waals surface area contributed by atoms with E-state index in [0.29, 0.717) is 37.1 Å². The van der Waals surface area contributed by atoms with Crippen LogP contribution in [0.3, 0.4) is 0 Å². The molecule has 1 aromatic carbocycles. The summed E-state index contributed by atoms with van der Waals surface area (Å²) in [6.07, 6.45) is 3.40. The standard InChI is InChI=1S/C19H23FN2O3/c20-14-3-1-4-15(9-14)25-17-7-6-13-10-22(11-16(13)17)19(24)12-21-8-2-5-18(21)23/h1,3-4,9,13,16-17H,2,5-8,10-12H2/t13-,16+,17-/m0/s1. The van der Waals surface area contributed by atoms with Crippen molar-refractivity contribution >= 4 is 11.8 Å². The van der Waals surface area contributed by atoms with Gasteiger partial charge in [0.15, 0.2) is 0 Å². The predicted octanol–water partition coefficient (Wildman–Crippen LogP) is 2.06. The Morgan fingerprint density at radius 1 is 1.28 bits per heavy atom. The van der Waals surface area contributed by atoms with Crippen LogP contribution < -0.4 is 4.74 Å². The fourth-order valence-electron chi connectivity index (χ4n) is 4.41. The Labute approximate surface area is 146 Å². The smallest absolute Gasteiger partial charge is 0.242 e. The summed E-state index contributed by atoms with van der Waals surface area (Å²) in [5.41, 5.74) is 0. The third-order valence-corrected chi connectivity index (χ3v) is 5.72. The Morgan fingerprint density at radius 3 is 2.92 bits per heavy atom. The number of hydrogen-bond donors (Lipinski definition) is 0. The van der Waals surface area contributed by atoms with Crippen LogP contribution in [0.1, 0.15) is 25.7 Å². The SMILES string of the molecule is O=C1CCCN1CC(=O)N1C[C@@H]2CC[C@H](Oc3cccc(F)c3)[C@@H]2C1. The molecule has 5 nitrogen and oxygen atoms in total. The molecule has 4 rings (SSSR count). The molecule has 2 amide bonds. The highest BCUT2D eigenvalue weighted by atomic mass is 19.1. The molecule has 0 radical (unpaired) electrons. The number of fused-ring (bicyclic) bond motifs is 1. The van der Waals surface area contributed by atoms with E-state index >= 15 is 0 Å². The molecule has 3 atom stereocenters. The predicted molar refractivity (Wildman–Crippen MR) is 89.4 cm³/mol. The Balaban J connectivity index is 1.36. The van der Waals surface area contributed by atoms with Crippen LogP contribution in [0.15, 0.2) is 24.3 Å². The summed E-state index contributed by atoms with van der Waals surface area (Å²) in [6.45, 7) is 2.31. The topological polar surface area (TPSA) is 49.9 Å². The molecule has 3 aliphatic rings. The number of carbonyl (C=O) groups excluding carboxylic acids is 2. The first kappa shape index (κ1) is 16.4. The zero-order chi connectivity index (χ0) is 17.4. The summed E-state index contributed by atoms with van der Waals surface area (Å²) in [5, 5.41) is 0. The van der Waals surface area contributed by atoms with Crippen LogP contribution in [0.5, 0.6) is 5.75 Å². The largest absolute Gasteiger partial charge is 0.490 e. The summed E-state index contributed by atoms with van der Waals surface area (Å²) in [5.74, 6) is 1.11. The number of halogens is 1. The number of ether oxygens (including phenoxy) is 1. The van der Waals surface area contributed by atoms with E-state index in [1.807, 2.05) is 4.90 Å². The van der Waals surface area contributed by atoms with Crippen molar-refractivity contribution in [2.45, 2.75) is 31.8 Å². The van der Waals surface area contributed by atoms with Gasteiger partial charge >= 0.3 is 0 Å². The maximum atomic E-state index is 13.3. The van der Waals surface area contributed by atoms with Crippen molar-refractivity contribution in [3.63, 3.8) is 0 Å². The number of benzene rings is 1. The molecule has 1 aromatic rings. The molecule has 0 aromatic heterocycles. The van der Waals surface area contributed by atoms with Crippen LogP contribution in [-0.4, -0.2) is 53.9 Å². The molecule has 6 heteroatoms. The fourth-order valence-corrected chi connectivity index (χ4v) is 4.41. The van der Waals surface area contributed by atoms with Crippen molar-refractivity contribution in [2.24, 2.45) is 11.8 Å². The van der Waals surface area contributed by atoms with Gasteiger partial charge in [0.05, 0.1) is 6.54 Å². The molecule has 1 aliphatic carbocycles. The third-order valence-electron chi connectivity index (χ3n) is 5.72. The van der Waals surface area contributed by atoms with Crippen LogP contribution in [0.4, 0.5) is 4.39 Å². The van der Waals surface area contributed by atoms with Gasteiger partial charge in [-0.2, -0.15) is 0 Å². The van der Waals surface area contributed by atoms with Crippen LogP contribution in [0, 0.1) is 17.7 Å². The fraction of sp³-hybridized carbons (Fsp3) is 0.579. The van der Waals surface area contributed by atoms with Gasteiger partial charge in [0, 0.05) is 38.0 Å². The molecule has 25 heavy (non-hydrogen) atoms. The molecule has 0 spiro atoms. The van der Waals surface area contributed by atoms with Gasteiger partial charge in [0.25, 0.3) is 0 Å². The lowest BCUT2D eigenvalue weighted by atomic mass is 9.99. The zero-order valence-corrected chi connectivity index (χ0v) is 14.2. The van der Waals surface area contributed by atoms with E-state index in [0.717, 1.165) is 25.8 Å². The van der Waals surface area contributed by atoms with Crippen LogP contribution >= 0.6 is 0 Å². The molecule has 134 valence electrons. The number of likely N-dealkylation sites (tertiary alicyclic amines) is 2. The van der Waals surface area contributed by atoms with Crippen LogP contribution in [0.25, 0.3) is 0 Å². The average molecular weight is 346 g/mol. The third kappa shape index (κ3) is 3.34. The van der Waals surface area contributed by atoms with Crippen molar-refractivity contribution in [1.29, 1.82) is 0 Å². The summed E-state index contributed by atoms with van der Waals surface area (Å²) >= 11 is 0. The lowest BCUT2D eigenvalue weighted by Crippen LogP contribution is -2.40. The number of carbonyl (C=O) groups is 2. The zero-order valence-electron chi connectivity index (χ0n) is 14.2. The Bertz CT molecular complexity index is 680. The average Bonchev–Trinajstić information content (AvgIpc) is 3.26. The highest BCUT2D eigenvalue weighted by Gasteiger charge is 2.45. The maximum Gasteiger partial charge on any atom is 0.242 e. The molecular weight excluding hydrogens is 323 g/mol. The van der Waals surface area contributed by atoms with E-state index in [4.69, 9.17) is 4.74 Å². The van der Waals surface area contributed by atoms with E-state index < -0.39 is 0 Å². The molecule has 1 saturated carbocycles. The van der Waals surface area contributed by atoms with Gasteiger partial charge in [-0.1, -0.05) is 6.07 Å². The number of rotatable bonds is 4. The molecule has 2 saturated heterocycles. The van der Waals surface area contributed by atoms with Crippen molar-refractivity contribution in [3.05, 3.63) is 30.1 Å². The van der Waals surface area contributed by atoms with E-state index in [9.17, 15) is 14.0 Å². The molecule has 0 bridgehead atoms. The summed E-state index contributed by atoms with van der Waals surface area (Å²) in [7, 11) is 0. The maximum absolute atomic E-state index is 13.3. The van der Waals surface area contributed by atoms with Crippen molar-refractivity contribution in [3.8, 4) is 5.75 Å². The normalized spacial score (nSPS) is 28.5. The minimum Gasteiger partial charge on any atom is -0.490 e. The monoisotopic (exact) mass is 346 g/mol. The second-order valence-corrected chi connectivity index (χ2v) is 7.33. The first-order valence-electron chi connectivity index (χ1n) is 9.08. The highest BCUT2D eigenvalue weighted by molar-refractivity contribution is 5.86. The first-order valence-corrected chi connectivity index (χ1v) is 9.08. The van der Waals surface area contributed by atoms with E-state index in [-0.39, 0.29) is 30.3 Å². The molecule has 2 heterocycles. The van der Waals surface area contributed by atoms with Gasteiger partial charge in [-0.15, -0.1) is 0 Å². The lowest BCUT2D eigenvalue weighted by molar-refractivity contribution is -0.137. The molecule has 0 N–H and O–H groups in total. The van der Waals surface area contributed by atoms with Crippen molar-refractivity contribution in [2.75, 3.05) is 26.2 Å². The molecule has 0 unspecified atom stereocenters. The van der Waals surface area contributed by atoms with Gasteiger partial charge in [-0.25, -0.2) is 4.39 Å². The van der Waals surface area contributed by atoms with Gasteiger partial charge in [0.1, 0.15) is 17.7 Å². The number of amides is 2.